The van der Waals surface area contributed by atoms with E-state index in [1.165, 1.54) is 6.07 Å². The van der Waals surface area contributed by atoms with E-state index >= 15 is 0 Å². The molecule has 0 aliphatic carbocycles. The van der Waals surface area contributed by atoms with Crippen molar-refractivity contribution in [2.24, 2.45) is 0 Å². The summed E-state index contributed by atoms with van der Waals surface area (Å²) >= 11 is 0. The normalized spacial score (nSPS) is 11.9. The maximum atomic E-state index is 12.5. The largest absolute Gasteiger partial charge is 0.418 e. The smallest absolute Gasteiger partial charge is 0.316 e. The van der Waals surface area contributed by atoms with Gasteiger partial charge >= 0.3 is 17.3 Å². The first-order valence-corrected chi connectivity index (χ1v) is 4.22. The average molecular weight is 230 g/mol. The predicted molar refractivity (Wildman–Crippen MR) is 50.2 cm³/mol. The quantitative estimate of drug-likeness (QED) is 0.668. The van der Waals surface area contributed by atoms with E-state index in [2.05, 4.69) is 4.98 Å². The van der Waals surface area contributed by atoms with Gasteiger partial charge in [0.1, 0.15) is 0 Å². The Morgan fingerprint density at radius 1 is 1.00 bits per heavy atom. The van der Waals surface area contributed by atoms with E-state index in [0.717, 1.165) is 12.1 Å². The molecule has 16 heavy (non-hydrogen) atoms. The van der Waals surface area contributed by atoms with Gasteiger partial charge in [0.15, 0.2) is 0 Å². The first-order valence-electron chi connectivity index (χ1n) is 4.22. The third kappa shape index (κ3) is 1.60. The van der Waals surface area contributed by atoms with Crippen molar-refractivity contribution in [2.75, 3.05) is 0 Å². The van der Waals surface area contributed by atoms with Crippen molar-refractivity contribution in [3.05, 3.63) is 44.5 Å². The van der Waals surface area contributed by atoms with E-state index < -0.39 is 28.4 Å². The minimum Gasteiger partial charge on any atom is -0.316 e. The minimum absolute atomic E-state index is 0.0561. The predicted octanol–water partition coefficient (Wildman–Crippen LogP) is 1.24. The molecule has 0 spiro atoms. The Morgan fingerprint density at radius 3 is 2.25 bits per heavy atom. The van der Waals surface area contributed by atoms with Crippen LogP contribution in [0.1, 0.15) is 5.56 Å². The lowest BCUT2D eigenvalue weighted by atomic mass is 10.1. The second kappa shape index (κ2) is 3.22. The van der Waals surface area contributed by atoms with Crippen LogP contribution in [0.15, 0.2) is 27.8 Å². The molecule has 0 saturated carbocycles. The van der Waals surface area contributed by atoms with Gasteiger partial charge in [-0.3, -0.25) is 9.59 Å². The molecule has 84 valence electrons. The summed E-state index contributed by atoms with van der Waals surface area (Å²) in [7, 11) is 0. The number of aromatic amines is 2. The number of H-pyrrole nitrogens is 2. The van der Waals surface area contributed by atoms with Crippen LogP contribution in [0.4, 0.5) is 13.2 Å². The summed E-state index contributed by atoms with van der Waals surface area (Å²) in [6.45, 7) is 0. The van der Waals surface area contributed by atoms with Gasteiger partial charge in [-0.05, 0) is 12.1 Å². The number of nitrogens with one attached hydrogen (secondary N) is 2. The number of hydrogen-bond donors (Lipinski definition) is 2. The molecule has 0 saturated heterocycles. The molecule has 0 aliphatic heterocycles. The average Bonchev–Trinajstić information content (AvgIpc) is 2.17. The summed E-state index contributed by atoms with van der Waals surface area (Å²) in [5, 5.41) is 0. The van der Waals surface area contributed by atoms with Crippen LogP contribution >= 0.6 is 0 Å². The van der Waals surface area contributed by atoms with E-state index in [-0.39, 0.29) is 5.52 Å². The zero-order valence-electron chi connectivity index (χ0n) is 7.68. The van der Waals surface area contributed by atoms with Crippen LogP contribution < -0.4 is 11.1 Å². The number of aromatic nitrogens is 2. The van der Waals surface area contributed by atoms with Crippen LogP contribution in [0.3, 0.4) is 0 Å². The summed E-state index contributed by atoms with van der Waals surface area (Å²) in [5.41, 5.74) is -3.55. The first kappa shape index (κ1) is 10.5. The van der Waals surface area contributed by atoms with E-state index in [4.69, 9.17) is 0 Å². The molecule has 1 heterocycles. The van der Waals surface area contributed by atoms with Crippen LogP contribution in [-0.4, -0.2) is 9.97 Å². The molecule has 1 aromatic heterocycles. The number of para-hydroxylation sites is 1. The molecule has 2 aromatic rings. The van der Waals surface area contributed by atoms with Gasteiger partial charge in [-0.2, -0.15) is 13.2 Å². The van der Waals surface area contributed by atoms with Crippen LogP contribution in [-0.2, 0) is 6.18 Å². The van der Waals surface area contributed by atoms with E-state index in [0.29, 0.717) is 0 Å². The van der Waals surface area contributed by atoms with Crippen molar-refractivity contribution >= 4 is 11.0 Å². The van der Waals surface area contributed by atoms with Gasteiger partial charge in [0.05, 0.1) is 16.6 Å². The Kier molecular flexibility index (Phi) is 2.11. The Balaban J connectivity index is 2.93. The number of hydrogen-bond acceptors (Lipinski definition) is 2. The molecule has 0 amide bonds. The summed E-state index contributed by atoms with van der Waals surface area (Å²) in [6, 6.07) is 3.26. The second-order valence-electron chi connectivity index (χ2n) is 3.13. The van der Waals surface area contributed by atoms with Crippen LogP contribution in [0, 0.1) is 0 Å². The Labute approximate surface area is 85.7 Å². The summed E-state index contributed by atoms with van der Waals surface area (Å²) in [6.07, 6.45) is -4.58. The number of halogens is 3. The van der Waals surface area contributed by atoms with Crippen molar-refractivity contribution in [2.45, 2.75) is 6.18 Å². The molecule has 2 N–H and O–H groups in total. The standard InChI is InChI=1S/C9H5F3N2O2/c10-9(11,12)4-2-1-3-5-6(4)14-8(16)7(15)13-5/h1-3H,(H,13,15)(H,14,16). The number of alkyl halides is 3. The van der Waals surface area contributed by atoms with Gasteiger partial charge in [-0.1, -0.05) is 6.07 Å². The zero-order chi connectivity index (χ0) is 11.9. The van der Waals surface area contributed by atoms with Gasteiger partial charge < -0.3 is 9.97 Å². The van der Waals surface area contributed by atoms with Crippen molar-refractivity contribution in [1.29, 1.82) is 0 Å². The fourth-order valence-electron chi connectivity index (χ4n) is 1.38. The van der Waals surface area contributed by atoms with Crippen molar-refractivity contribution in [3.8, 4) is 0 Å². The van der Waals surface area contributed by atoms with Gasteiger partial charge in [-0.25, -0.2) is 0 Å². The minimum atomic E-state index is -4.58. The van der Waals surface area contributed by atoms with E-state index in [9.17, 15) is 22.8 Å². The highest BCUT2D eigenvalue weighted by Gasteiger charge is 2.33. The number of benzene rings is 1. The Morgan fingerprint density at radius 2 is 1.62 bits per heavy atom. The van der Waals surface area contributed by atoms with Crippen LogP contribution in [0.2, 0.25) is 0 Å². The van der Waals surface area contributed by atoms with Gasteiger partial charge in [0.25, 0.3) is 0 Å². The molecule has 2 rings (SSSR count). The molecular formula is C9H5F3N2O2. The fraction of sp³-hybridized carbons (Fsp3) is 0.111. The topological polar surface area (TPSA) is 65.7 Å². The first-order chi connectivity index (χ1) is 7.39. The molecule has 4 nitrogen and oxygen atoms in total. The summed E-state index contributed by atoms with van der Waals surface area (Å²) in [5.74, 6) is 0. The molecule has 1 aromatic carbocycles. The third-order valence-corrected chi connectivity index (χ3v) is 2.06. The molecule has 0 fully saturated rings. The second-order valence-corrected chi connectivity index (χ2v) is 3.13. The highest BCUT2D eigenvalue weighted by molar-refractivity contribution is 5.77. The monoisotopic (exact) mass is 230 g/mol. The Bertz CT molecular complexity index is 654. The SMILES string of the molecule is O=c1[nH]c2cccc(C(F)(F)F)c2[nH]c1=O. The molecule has 0 unspecified atom stereocenters. The van der Waals surface area contributed by atoms with E-state index in [1.807, 2.05) is 4.98 Å². The van der Waals surface area contributed by atoms with E-state index in [1.54, 1.807) is 0 Å². The molecule has 0 bridgehead atoms. The van der Waals surface area contributed by atoms with Crippen LogP contribution in [0.5, 0.6) is 0 Å². The molecular weight excluding hydrogens is 225 g/mol. The summed E-state index contributed by atoms with van der Waals surface area (Å²) in [4.78, 5) is 25.8. The van der Waals surface area contributed by atoms with Crippen molar-refractivity contribution in [3.63, 3.8) is 0 Å². The van der Waals surface area contributed by atoms with Crippen molar-refractivity contribution < 1.29 is 13.2 Å². The number of fused-ring (bicyclic) bond motifs is 1. The maximum absolute atomic E-state index is 12.5. The maximum Gasteiger partial charge on any atom is 0.418 e. The lowest BCUT2D eigenvalue weighted by Crippen LogP contribution is -2.29. The third-order valence-electron chi connectivity index (χ3n) is 2.06. The van der Waals surface area contributed by atoms with Crippen molar-refractivity contribution in [1.82, 2.24) is 9.97 Å². The molecule has 0 radical (unpaired) electrons. The molecule has 0 atom stereocenters. The number of rotatable bonds is 0. The molecule has 0 aliphatic rings. The van der Waals surface area contributed by atoms with Crippen LogP contribution in [0.25, 0.3) is 11.0 Å². The van der Waals surface area contributed by atoms with Gasteiger partial charge in [0.2, 0.25) is 0 Å². The fourth-order valence-corrected chi connectivity index (χ4v) is 1.38. The zero-order valence-corrected chi connectivity index (χ0v) is 7.68. The van der Waals surface area contributed by atoms with Gasteiger partial charge in [0, 0.05) is 0 Å². The van der Waals surface area contributed by atoms with Gasteiger partial charge in [-0.15, -0.1) is 0 Å². The summed E-state index contributed by atoms with van der Waals surface area (Å²) < 4.78 is 37.6. The lowest BCUT2D eigenvalue weighted by Gasteiger charge is -2.08. The highest BCUT2D eigenvalue weighted by atomic mass is 19.4. The lowest BCUT2D eigenvalue weighted by molar-refractivity contribution is -0.136. The molecule has 7 heteroatoms. The Hall–Kier alpha value is -2.05. The highest BCUT2D eigenvalue weighted by Crippen LogP contribution is 2.32.